The number of piperazine rings is 3. The number of quaternary nitrogens is 1. The maximum absolute atomic E-state index is 9.19. The SMILES string of the molecule is COCCCC[N+]12CCN(CC1)CC2.CS(=O)(=O)O. The van der Waals surface area contributed by atoms with Crippen molar-refractivity contribution >= 4 is 10.1 Å². The summed E-state index contributed by atoms with van der Waals surface area (Å²) in [5.74, 6) is 0. The number of hydrogen-bond donors (Lipinski definition) is 1. The Kier molecular flexibility index (Phi) is 6.68. The predicted octanol–water partition coefficient (Wildman–Crippen LogP) is 0.0630. The van der Waals surface area contributed by atoms with Gasteiger partial charge < -0.3 is 9.22 Å². The van der Waals surface area contributed by atoms with E-state index in [9.17, 15) is 8.42 Å². The lowest BCUT2D eigenvalue weighted by Gasteiger charge is -2.50. The minimum Gasteiger partial charge on any atom is -0.385 e. The molecule has 0 aromatic rings. The summed E-state index contributed by atoms with van der Waals surface area (Å²) in [6.07, 6.45) is 3.29. The van der Waals surface area contributed by atoms with Gasteiger partial charge in [-0.2, -0.15) is 8.42 Å². The van der Waals surface area contributed by atoms with Crippen LogP contribution in [0.3, 0.4) is 0 Å². The van der Waals surface area contributed by atoms with Crippen molar-refractivity contribution in [3.05, 3.63) is 0 Å². The molecule has 7 heteroatoms. The van der Waals surface area contributed by atoms with Crippen LogP contribution in [0.4, 0.5) is 0 Å². The molecule has 0 unspecified atom stereocenters. The van der Waals surface area contributed by atoms with Crippen molar-refractivity contribution in [3.8, 4) is 0 Å². The van der Waals surface area contributed by atoms with E-state index < -0.39 is 10.1 Å². The molecule has 0 saturated carbocycles. The second-order valence-electron chi connectivity index (χ2n) is 5.51. The van der Waals surface area contributed by atoms with Crippen LogP contribution in [0.2, 0.25) is 0 Å². The number of fused-ring (bicyclic) bond motifs is 3. The zero-order valence-electron chi connectivity index (χ0n) is 12.0. The average Bonchev–Trinajstić information content (AvgIpc) is 2.35. The summed E-state index contributed by atoms with van der Waals surface area (Å²) in [7, 11) is -1.87. The van der Waals surface area contributed by atoms with E-state index in [1.807, 2.05) is 0 Å². The third kappa shape index (κ3) is 7.22. The van der Waals surface area contributed by atoms with Gasteiger partial charge in [-0.3, -0.25) is 9.45 Å². The van der Waals surface area contributed by atoms with Crippen LogP contribution in [0.5, 0.6) is 0 Å². The number of hydrogen-bond acceptors (Lipinski definition) is 4. The van der Waals surface area contributed by atoms with Crippen molar-refractivity contribution in [3.63, 3.8) is 0 Å². The minimum atomic E-state index is -3.67. The average molecular weight is 295 g/mol. The first-order valence-electron chi connectivity index (χ1n) is 6.83. The molecule has 0 aromatic heterocycles. The number of unbranched alkanes of at least 4 members (excludes halogenated alkanes) is 1. The molecule has 0 amide bonds. The molecule has 3 saturated heterocycles. The van der Waals surface area contributed by atoms with Crippen molar-refractivity contribution in [1.29, 1.82) is 0 Å². The molecule has 0 atom stereocenters. The van der Waals surface area contributed by atoms with Crippen molar-refractivity contribution in [2.45, 2.75) is 12.8 Å². The van der Waals surface area contributed by atoms with Crippen molar-refractivity contribution in [2.24, 2.45) is 0 Å². The lowest BCUT2D eigenvalue weighted by molar-refractivity contribution is -0.941. The van der Waals surface area contributed by atoms with Crippen molar-refractivity contribution in [2.75, 3.05) is 65.8 Å². The van der Waals surface area contributed by atoms with Crippen LogP contribution in [-0.2, 0) is 14.9 Å². The maximum Gasteiger partial charge on any atom is 0.261 e. The second kappa shape index (κ2) is 7.54. The van der Waals surface area contributed by atoms with Crippen molar-refractivity contribution in [1.82, 2.24) is 4.90 Å². The molecule has 3 fully saturated rings. The Morgan fingerprint density at radius 3 is 2.05 bits per heavy atom. The third-order valence-corrected chi connectivity index (χ3v) is 3.90. The molecule has 1 N–H and O–H groups in total. The summed E-state index contributed by atoms with van der Waals surface area (Å²) in [6, 6.07) is 0. The second-order valence-corrected chi connectivity index (χ2v) is 6.98. The number of methoxy groups -OCH3 is 1. The highest BCUT2D eigenvalue weighted by molar-refractivity contribution is 7.85. The molecule has 6 nitrogen and oxygen atoms in total. The van der Waals surface area contributed by atoms with Crippen LogP contribution in [0.15, 0.2) is 0 Å². The molecule has 114 valence electrons. The van der Waals surface area contributed by atoms with Gasteiger partial charge in [-0.1, -0.05) is 0 Å². The van der Waals surface area contributed by atoms with E-state index >= 15 is 0 Å². The highest BCUT2D eigenvalue weighted by Gasteiger charge is 2.37. The Morgan fingerprint density at radius 2 is 1.63 bits per heavy atom. The zero-order chi connectivity index (χ0) is 14.4. The molecule has 0 aliphatic carbocycles. The Bertz CT molecular complexity index is 329. The summed E-state index contributed by atoms with van der Waals surface area (Å²) in [6.45, 7) is 10.5. The molecule has 3 rings (SSSR count). The van der Waals surface area contributed by atoms with E-state index in [2.05, 4.69) is 4.90 Å². The van der Waals surface area contributed by atoms with Gasteiger partial charge >= 0.3 is 0 Å². The lowest BCUT2D eigenvalue weighted by atomic mass is 10.1. The first kappa shape index (κ1) is 16.8. The summed E-state index contributed by atoms with van der Waals surface area (Å²) in [5, 5.41) is 0. The van der Waals surface area contributed by atoms with Gasteiger partial charge in [-0.15, -0.1) is 0 Å². The van der Waals surface area contributed by atoms with Crippen molar-refractivity contribution < 1.29 is 22.2 Å². The first-order chi connectivity index (χ1) is 8.85. The summed E-state index contributed by atoms with van der Waals surface area (Å²) in [4.78, 5) is 2.61. The van der Waals surface area contributed by atoms with Crippen LogP contribution in [0, 0.1) is 0 Å². The number of ether oxygens (including phenoxy) is 1. The molecule has 19 heavy (non-hydrogen) atoms. The molecule has 3 heterocycles. The number of nitrogens with zero attached hydrogens (tertiary/aromatic N) is 2. The normalized spacial score (nSPS) is 29.7. The van der Waals surface area contributed by atoms with Crippen LogP contribution < -0.4 is 0 Å². The number of rotatable bonds is 5. The predicted molar refractivity (Wildman–Crippen MR) is 74.8 cm³/mol. The van der Waals surface area contributed by atoms with Gasteiger partial charge in [0.05, 0.1) is 32.4 Å². The molecule has 3 aliphatic rings. The van der Waals surface area contributed by atoms with E-state index in [4.69, 9.17) is 9.29 Å². The van der Waals surface area contributed by atoms with E-state index in [0.29, 0.717) is 6.26 Å². The van der Waals surface area contributed by atoms with Gasteiger partial charge in [0.1, 0.15) is 0 Å². The van der Waals surface area contributed by atoms with Crippen LogP contribution in [0.1, 0.15) is 12.8 Å². The maximum atomic E-state index is 9.19. The molecule has 0 aromatic carbocycles. The highest BCUT2D eigenvalue weighted by Crippen LogP contribution is 2.20. The van der Waals surface area contributed by atoms with Gasteiger partial charge in [0, 0.05) is 33.4 Å². The van der Waals surface area contributed by atoms with Gasteiger partial charge in [0.2, 0.25) is 0 Å². The van der Waals surface area contributed by atoms with E-state index in [0.717, 1.165) is 6.61 Å². The Morgan fingerprint density at radius 1 is 1.16 bits per heavy atom. The van der Waals surface area contributed by atoms with E-state index in [1.165, 1.54) is 63.1 Å². The topological polar surface area (TPSA) is 66.8 Å². The van der Waals surface area contributed by atoms with Gasteiger partial charge in [-0.25, -0.2) is 0 Å². The fraction of sp³-hybridized carbons (Fsp3) is 1.00. The smallest absolute Gasteiger partial charge is 0.261 e. The zero-order valence-corrected chi connectivity index (χ0v) is 12.9. The fourth-order valence-electron chi connectivity index (χ4n) is 2.76. The van der Waals surface area contributed by atoms with E-state index in [1.54, 1.807) is 7.11 Å². The van der Waals surface area contributed by atoms with Gasteiger partial charge in [0.25, 0.3) is 10.1 Å². The summed E-state index contributed by atoms with van der Waals surface area (Å²) >= 11 is 0. The van der Waals surface area contributed by atoms with Gasteiger partial charge in [0.15, 0.2) is 0 Å². The molecular weight excluding hydrogens is 268 g/mol. The minimum absolute atomic E-state index is 0.715. The summed E-state index contributed by atoms with van der Waals surface area (Å²) < 4.78 is 32.4. The molecule has 0 spiro atoms. The monoisotopic (exact) mass is 295 g/mol. The van der Waals surface area contributed by atoms with Crippen LogP contribution in [0.25, 0.3) is 0 Å². The Balaban J connectivity index is 0.000000312. The lowest BCUT2D eigenvalue weighted by Crippen LogP contribution is -2.67. The molecule has 0 radical (unpaired) electrons. The first-order valence-corrected chi connectivity index (χ1v) is 8.68. The third-order valence-electron chi connectivity index (χ3n) is 3.90. The fourth-order valence-corrected chi connectivity index (χ4v) is 2.76. The van der Waals surface area contributed by atoms with Crippen LogP contribution in [-0.4, -0.2) is 88.1 Å². The summed E-state index contributed by atoms with van der Waals surface area (Å²) in [5.41, 5.74) is 0. The van der Waals surface area contributed by atoms with Crippen LogP contribution >= 0.6 is 0 Å². The Labute approximate surface area is 116 Å². The quantitative estimate of drug-likeness (QED) is 0.441. The largest absolute Gasteiger partial charge is 0.385 e. The molecular formula is C12H27N2O4S+. The standard InChI is InChI=1S/C11H23N2O.CH4O3S/c1-14-11-3-2-7-13-8-4-12(5-9-13)6-10-13;1-5(2,3)4/h2-11H2,1H3;1H3,(H,2,3,4)/q+1;. The Hall–Kier alpha value is -0.210. The molecule has 3 aliphatic heterocycles. The van der Waals surface area contributed by atoms with Gasteiger partial charge in [-0.05, 0) is 12.8 Å². The molecule has 2 bridgehead atoms. The highest BCUT2D eigenvalue weighted by atomic mass is 32.2. The van der Waals surface area contributed by atoms with E-state index in [-0.39, 0.29) is 0 Å².